The second-order valence-corrected chi connectivity index (χ2v) is 6.25. The molecule has 4 heteroatoms. The summed E-state index contributed by atoms with van der Waals surface area (Å²) in [5, 5.41) is 1.83. The first-order chi connectivity index (χ1) is 12.6. The summed E-state index contributed by atoms with van der Waals surface area (Å²) in [6, 6.07) is 19.3. The molecule has 0 N–H and O–H groups in total. The van der Waals surface area contributed by atoms with Crippen LogP contribution in [0.25, 0.3) is 10.8 Å². The van der Waals surface area contributed by atoms with Gasteiger partial charge in [-0.2, -0.15) is 0 Å². The molecule has 0 unspecified atom stereocenters. The normalized spacial score (nSPS) is 10.6. The lowest BCUT2D eigenvalue weighted by atomic mass is 10.0. The molecule has 134 valence electrons. The number of hydrogen-bond acceptors (Lipinski definition) is 3. The standard InChI is InChI=1S/C22H23NO3/c1-16-7-6-8-17(15-16)26-14-13-23(2)22(24)20-11-12-21(25-3)19-10-5-4-9-18(19)20/h4-12,15H,13-14H2,1-3H3. The number of methoxy groups -OCH3 is 1. The van der Waals surface area contributed by atoms with Gasteiger partial charge in [0.15, 0.2) is 0 Å². The van der Waals surface area contributed by atoms with Crippen molar-refractivity contribution in [3.8, 4) is 11.5 Å². The van der Waals surface area contributed by atoms with Gasteiger partial charge in [-0.05, 0) is 42.1 Å². The van der Waals surface area contributed by atoms with Crippen LogP contribution in [0.3, 0.4) is 0 Å². The van der Waals surface area contributed by atoms with Crippen molar-refractivity contribution in [3.63, 3.8) is 0 Å². The van der Waals surface area contributed by atoms with Gasteiger partial charge in [0.25, 0.3) is 5.91 Å². The van der Waals surface area contributed by atoms with Crippen LogP contribution in [0.1, 0.15) is 15.9 Å². The maximum atomic E-state index is 12.9. The van der Waals surface area contributed by atoms with E-state index in [4.69, 9.17) is 9.47 Å². The van der Waals surface area contributed by atoms with Crippen molar-refractivity contribution in [1.29, 1.82) is 0 Å². The third-order valence-electron chi connectivity index (χ3n) is 4.37. The Morgan fingerprint density at radius 3 is 2.50 bits per heavy atom. The summed E-state index contributed by atoms with van der Waals surface area (Å²) in [6.07, 6.45) is 0. The molecule has 4 nitrogen and oxygen atoms in total. The third kappa shape index (κ3) is 3.80. The molecule has 3 aromatic carbocycles. The van der Waals surface area contributed by atoms with Crippen molar-refractivity contribution in [1.82, 2.24) is 4.90 Å². The number of aryl methyl sites for hydroxylation is 1. The second-order valence-electron chi connectivity index (χ2n) is 6.25. The summed E-state index contributed by atoms with van der Waals surface area (Å²) < 4.78 is 11.2. The van der Waals surface area contributed by atoms with E-state index in [-0.39, 0.29) is 5.91 Å². The van der Waals surface area contributed by atoms with Crippen LogP contribution in [-0.4, -0.2) is 38.1 Å². The molecule has 0 aromatic heterocycles. The quantitative estimate of drug-likeness (QED) is 0.666. The van der Waals surface area contributed by atoms with E-state index in [9.17, 15) is 4.79 Å². The van der Waals surface area contributed by atoms with E-state index >= 15 is 0 Å². The maximum Gasteiger partial charge on any atom is 0.254 e. The smallest absolute Gasteiger partial charge is 0.254 e. The predicted octanol–water partition coefficient (Wildman–Crippen LogP) is 4.31. The van der Waals surface area contributed by atoms with Crippen molar-refractivity contribution in [2.75, 3.05) is 27.3 Å². The van der Waals surface area contributed by atoms with E-state index in [1.165, 1.54) is 0 Å². The highest BCUT2D eigenvalue weighted by atomic mass is 16.5. The summed E-state index contributed by atoms with van der Waals surface area (Å²) in [4.78, 5) is 14.6. The number of likely N-dealkylation sites (N-methyl/N-ethyl adjacent to an activating group) is 1. The fourth-order valence-corrected chi connectivity index (χ4v) is 2.95. The minimum atomic E-state index is -0.0308. The Labute approximate surface area is 154 Å². The fourth-order valence-electron chi connectivity index (χ4n) is 2.95. The Morgan fingerprint density at radius 1 is 1.00 bits per heavy atom. The van der Waals surface area contributed by atoms with Crippen LogP contribution in [0.2, 0.25) is 0 Å². The molecule has 0 bridgehead atoms. The van der Waals surface area contributed by atoms with E-state index in [0.29, 0.717) is 18.7 Å². The average molecular weight is 349 g/mol. The molecule has 1 amide bonds. The monoisotopic (exact) mass is 349 g/mol. The zero-order valence-electron chi connectivity index (χ0n) is 15.4. The highest BCUT2D eigenvalue weighted by Crippen LogP contribution is 2.28. The maximum absolute atomic E-state index is 12.9. The van der Waals surface area contributed by atoms with Crippen LogP contribution in [0.15, 0.2) is 60.7 Å². The molecule has 0 aliphatic carbocycles. The Bertz CT molecular complexity index is 920. The largest absolute Gasteiger partial charge is 0.496 e. The van der Waals surface area contributed by atoms with Crippen molar-refractivity contribution in [2.45, 2.75) is 6.92 Å². The van der Waals surface area contributed by atoms with Crippen LogP contribution in [0.4, 0.5) is 0 Å². The zero-order chi connectivity index (χ0) is 18.5. The number of amides is 1. The van der Waals surface area contributed by atoms with Gasteiger partial charge in [0, 0.05) is 18.0 Å². The van der Waals surface area contributed by atoms with Crippen molar-refractivity contribution < 1.29 is 14.3 Å². The van der Waals surface area contributed by atoms with Gasteiger partial charge in [-0.25, -0.2) is 0 Å². The molecule has 0 radical (unpaired) electrons. The lowest BCUT2D eigenvalue weighted by Crippen LogP contribution is -2.31. The molecule has 0 heterocycles. The number of carbonyl (C=O) groups is 1. The van der Waals surface area contributed by atoms with Crippen LogP contribution in [0.5, 0.6) is 11.5 Å². The molecule has 0 atom stereocenters. The molecule has 0 aliphatic rings. The Kier molecular flexibility index (Phi) is 5.42. The minimum absolute atomic E-state index is 0.0308. The molecule has 3 rings (SSSR count). The Balaban J connectivity index is 1.71. The molecule has 0 aliphatic heterocycles. The molecule has 0 fully saturated rings. The van der Waals surface area contributed by atoms with E-state index in [1.54, 1.807) is 19.1 Å². The lowest BCUT2D eigenvalue weighted by molar-refractivity contribution is 0.0775. The van der Waals surface area contributed by atoms with Gasteiger partial charge in [-0.3, -0.25) is 4.79 Å². The van der Waals surface area contributed by atoms with E-state index < -0.39 is 0 Å². The molecule has 0 saturated carbocycles. The van der Waals surface area contributed by atoms with Crippen LogP contribution >= 0.6 is 0 Å². The average Bonchev–Trinajstić information content (AvgIpc) is 2.66. The number of rotatable bonds is 6. The van der Waals surface area contributed by atoms with Crippen molar-refractivity contribution >= 4 is 16.7 Å². The minimum Gasteiger partial charge on any atom is -0.496 e. The number of fused-ring (bicyclic) bond motifs is 1. The molecular formula is C22H23NO3. The van der Waals surface area contributed by atoms with E-state index in [2.05, 4.69) is 0 Å². The molecule has 0 spiro atoms. The molecule has 3 aromatic rings. The Hall–Kier alpha value is -3.01. The first-order valence-corrected chi connectivity index (χ1v) is 8.61. The number of hydrogen-bond donors (Lipinski definition) is 0. The van der Waals surface area contributed by atoms with Gasteiger partial charge in [0.2, 0.25) is 0 Å². The molecular weight excluding hydrogens is 326 g/mol. The van der Waals surface area contributed by atoms with Crippen LogP contribution in [0, 0.1) is 6.92 Å². The zero-order valence-corrected chi connectivity index (χ0v) is 15.4. The number of ether oxygens (including phenoxy) is 2. The summed E-state index contributed by atoms with van der Waals surface area (Å²) >= 11 is 0. The summed E-state index contributed by atoms with van der Waals surface area (Å²) in [5.41, 5.74) is 1.82. The van der Waals surface area contributed by atoms with Crippen molar-refractivity contribution in [2.24, 2.45) is 0 Å². The van der Waals surface area contributed by atoms with Gasteiger partial charge < -0.3 is 14.4 Å². The number of nitrogens with zero attached hydrogens (tertiary/aromatic N) is 1. The van der Waals surface area contributed by atoms with Gasteiger partial charge in [-0.15, -0.1) is 0 Å². The summed E-state index contributed by atoms with van der Waals surface area (Å²) in [7, 11) is 3.43. The van der Waals surface area contributed by atoms with Gasteiger partial charge in [0.1, 0.15) is 18.1 Å². The second kappa shape index (κ2) is 7.91. The first kappa shape index (κ1) is 17.8. The predicted molar refractivity (Wildman–Crippen MR) is 104 cm³/mol. The highest BCUT2D eigenvalue weighted by Gasteiger charge is 2.16. The topological polar surface area (TPSA) is 38.8 Å². The third-order valence-corrected chi connectivity index (χ3v) is 4.37. The van der Waals surface area contributed by atoms with E-state index in [1.807, 2.05) is 67.6 Å². The van der Waals surface area contributed by atoms with Gasteiger partial charge in [-0.1, -0.05) is 36.4 Å². The summed E-state index contributed by atoms with van der Waals surface area (Å²) in [5.74, 6) is 1.56. The first-order valence-electron chi connectivity index (χ1n) is 8.61. The SMILES string of the molecule is COc1ccc(C(=O)N(C)CCOc2cccc(C)c2)c2ccccc12. The van der Waals surface area contributed by atoms with Gasteiger partial charge >= 0.3 is 0 Å². The number of carbonyl (C=O) groups excluding carboxylic acids is 1. The summed E-state index contributed by atoms with van der Waals surface area (Å²) in [6.45, 7) is 2.98. The highest BCUT2D eigenvalue weighted by molar-refractivity contribution is 6.08. The van der Waals surface area contributed by atoms with Gasteiger partial charge in [0.05, 0.1) is 13.7 Å². The Morgan fingerprint density at radius 2 is 1.77 bits per heavy atom. The molecule has 0 saturated heterocycles. The number of benzene rings is 3. The van der Waals surface area contributed by atoms with Crippen LogP contribution < -0.4 is 9.47 Å². The van der Waals surface area contributed by atoms with Crippen molar-refractivity contribution in [3.05, 3.63) is 71.8 Å². The fraction of sp³-hybridized carbons (Fsp3) is 0.227. The van der Waals surface area contributed by atoms with E-state index in [0.717, 1.165) is 27.8 Å². The lowest BCUT2D eigenvalue weighted by Gasteiger charge is -2.19. The van der Waals surface area contributed by atoms with Crippen LogP contribution in [-0.2, 0) is 0 Å². The molecule has 26 heavy (non-hydrogen) atoms.